The van der Waals surface area contributed by atoms with Crippen LogP contribution in [-0.2, 0) is 11.2 Å². The predicted molar refractivity (Wildman–Crippen MR) is 74.6 cm³/mol. The molecule has 1 atom stereocenters. The Balaban J connectivity index is 2.33. The normalized spacial score (nSPS) is 12.2. The first-order valence-corrected chi connectivity index (χ1v) is 6.68. The van der Waals surface area contributed by atoms with Crippen molar-refractivity contribution in [3.05, 3.63) is 69.7 Å². The number of rotatable bonds is 4. The van der Waals surface area contributed by atoms with Crippen molar-refractivity contribution >= 4 is 21.9 Å². The number of hydrogen-bond acceptors (Lipinski definition) is 1. The van der Waals surface area contributed by atoms with E-state index in [0.29, 0.717) is 11.1 Å². The van der Waals surface area contributed by atoms with Crippen LogP contribution in [0.25, 0.3) is 0 Å². The minimum absolute atomic E-state index is 0.0282. The lowest BCUT2D eigenvalue weighted by Gasteiger charge is -2.13. The van der Waals surface area contributed by atoms with Gasteiger partial charge in [-0.25, -0.2) is 8.78 Å². The summed E-state index contributed by atoms with van der Waals surface area (Å²) in [6, 6.07) is 9.94. The monoisotopic (exact) mass is 340 g/mol. The van der Waals surface area contributed by atoms with Gasteiger partial charge in [0.1, 0.15) is 11.6 Å². The van der Waals surface area contributed by atoms with Crippen LogP contribution in [0.15, 0.2) is 46.9 Å². The molecule has 0 aliphatic heterocycles. The van der Waals surface area contributed by atoms with Crippen LogP contribution in [0, 0.1) is 11.6 Å². The molecule has 2 aromatic rings. The first kappa shape index (κ1) is 14.7. The summed E-state index contributed by atoms with van der Waals surface area (Å²) >= 11 is 3.28. The Morgan fingerprint density at radius 3 is 2.35 bits per heavy atom. The lowest BCUT2D eigenvalue weighted by molar-refractivity contribution is -0.138. The van der Waals surface area contributed by atoms with Crippen LogP contribution in [0.4, 0.5) is 8.78 Å². The standard InChI is InChI=1S/C15H11BrF2O2/c16-11-3-1-2-10(7-11)14(15(19)20)6-9-4-12(17)8-13(18)5-9/h1-5,7-8,14H,6H2,(H,19,20). The Morgan fingerprint density at radius 1 is 1.15 bits per heavy atom. The van der Waals surface area contributed by atoms with Gasteiger partial charge in [-0.05, 0) is 41.8 Å². The van der Waals surface area contributed by atoms with Gasteiger partial charge in [0.15, 0.2) is 0 Å². The van der Waals surface area contributed by atoms with Crippen molar-refractivity contribution in [3.63, 3.8) is 0 Å². The van der Waals surface area contributed by atoms with Gasteiger partial charge >= 0.3 is 5.97 Å². The zero-order valence-corrected chi connectivity index (χ0v) is 11.9. The Morgan fingerprint density at radius 2 is 1.80 bits per heavy atom. The molecular formula is C15H11BrF2O2. The summed E-state index contributed by atoms with van der Waals surface area (Å²) in [4.78, 5) is 11.4. The zero-order valence-electron chi connectivity index (χ0n) is 10.3. The van der Waals surface area contributed by atoms with E-state index in [1.807, 2.05) is 0 Å². The topological polar surface area (TPSA) is 37.3 Å². The molecule has 2 aromatic carbocycles. The first-order valence-electron chi connectivity index (χ1n) is 5.89. The second-order valence-electron chi connectivity index (χ2n) is 4.43. The van der Waals surface area contributed by atoms with E-state index in [4.69, 9.17) is 0 Å². The molecule has 0 fully saturated rings. The smallest absolute Gasteiger partial charge is 0.311 e. The van der Waals surface area contributed by atoms with Gasteiger partial charge in [-0.2, -0.15) is 0 Å². The van der Waals surface area contributed by atoms with E-state index in [2.05, 4.69) is 15.9 Å². The van der Waals surface area contributed by atoms with Crippen LogP contribution in [-0.4, -0.2) is 11.1 Å². The molecule has 0 aliphatic rings. The van der Waals surface area contributed by atoms with Crippen LogP contribution in [0.1, 0.15) is 17.0 Å². The highest BCUT2D eigenvalue weighted by atomic mass is 79.9. The summed E-state index contributed by atoms with van der Waals surface area (Å²) in [5.41, 5.74) is 0.895. The summed E-state index contributed by atoms with van der Waals surface area (Å²) in [5.74, 6) is -3.31. The van der Waals surface area contributed by atoms with Crippen LogP contribution >= 0.6 is 15.9 Å². The summed E-state index contributed by atoms with van der Waals surface area (Å²) < 4.78 is 27.1. The van der Waals surface area contributed by atoms with Gasteiger partial charge < -0.3 is 5.11 Å². The molecule has 1 N–H and O–H groups in total. The first-order chi connectivity index (χ1) is 9.45. The molecule has 0 aromatic heterocycles. The lowest BCUT2D eigenvalue weighted by atomic mass is 9.92. The third-order valence-electron chi connectivity index (χ3n) is 2.91. The molecule has 0 bridgehead atoms. The summed E-state index contributed by atoms with van der Waals surface area (Å²) in [7, 11) is 0. The van der Waals surface area contributed by atoms with Crippen molar-refractivity contribution in [3.8, 4) is 0 Å². The summed E-state index contributed by atoms with van der Waals surface area (Å²) in [6.07, 6.45) is 0.0282. The molecule has 0 radical (unpaired) electrons. The van der Waals surface area contributed by atoms with Crippen LogP contribution in [0.2, 0.25) is 0 Å². The molecule has 104 valence electrons. The maximum absolute atomic E-state index is 13.2. The minimum Gasteiger partial charge on any atom is -0.481 e. The molecule has 20 heavy (non-hydrogen) atoms. The van der Waals surface area contributed by atoms with Crippen molar-refractivity contribution in [2.75, 3.05) is 0 Å². The second-order valence-corrected chi connectivity index (χ2v) is 5.34. The quantitative estimate of drug-likeness (QED) is 0.908. The van der Waals surface area contributed by atoms with Crippen molar-refractivity contribution < 1.29 is 18.7 Å². The molecule has 2 nitrogen and oxygen atoms in total. The molecule has 0 heterocycles. The predicted octanol–water partition coefficient (Wildman–Crippen LogP) is 4.14. The molecular weight excluding hydrogens is 330 g/mol. The van der Waals surface area contributed by atoms with Crippen LogP contribution < -0.4 is 0 Å². The van der Waals surface area contributed by atoms with Crippen molar-refractivity contribution in [1.82, 2.24) is 0 Å². The third-order valence-corrected chi connectivity index (χ3v) is 3.40. The number of benzene rings is 2. The Labute approximate surface area is 123 Å². The van der Waals surface area contributed by atoms with E-state index < -0.39 is 23.5 Å². The second kappa shape index (κ2) is 6.13. The number of carboxylic acids is 1. The molecule has 0 spiro atoms. The summed E-state index contributed by atoms with van der Waals surface area (Å²) in [5, 5.41) is 9.31. The van der Waals surface area contributed by atoms with Gasteiger partial charge in [0.2, 0.25) is 0 Å². The number of carbonyl (C=O) groups is 1. The molecule has 0 amide bonds. The minimum atomic E-state index is -1.03. The molecule has 0 saturated heterocycles. The van der Waals surface area contributed by atoms with Crippen molar-refractivity contribution in [2.24, 2.45) is 0 Å². The average Bonchev–Trinajstić information content (AvgIpc) is 2.34. The maximum Gasteiger partial charge on any atom is 0.311 e. The van der Waals surface area contributed by atoms with Crippen LogP contribution in [0.3, 0.4) is 0 Å². The van der Waals surface area contributed by atoms with Crippen molar-refractivity contribution in [1.29, 1.82) is 0 Å². The molecule has 2 rings (SSSR count). The van der Waals surface area contributed by atoms with E-state index in [1.54, 1.807) is 24.3 Å². The highest BCUT2D eigenvalue weighted by Gasteiger charge is 2.21. The SMILES string of the molecule is O=C(O)C(Cc1cc(F)cc(F)c1)c1cccc(Br)c1. The number of halogens is 3. The van der Waals surface area contributed by atoms with E-state index in [-0.39, 0.29) is 6.42 Å². The Hall–Kier alpha value is -1.75. The van der Waals surface area contributed by atoms with Gasteiger partial charge in [-0.1, -0.05) is 28.1 Å². The van der Waals surface area contributed by atoms with Gasteiger partial charge in [-0.3, -0.25) is 4.79 Å². The number of carboxylic acid groups (broad SMARTS) is 1. The Bertz CT molecular complexity index is 623. The van der Waals surface area contributed by atoms with E-state index in [9.17, 15) is 18.7 Å². The molecule has 5 heteroatoms. The van der Waals surface area contributed by atoms with E-state index in [0.717, 1.165) is 22.7 Å². The highest BCUT2D eigenvalue weighted by molar-refractivity contribution is 9.10. The van der Waals surface area contributed by atoms with E-state index in [1.165, 1.54) is 0 Å². The van der Waals surface area contributed by atoms with Gasteiger partial charge in [0.05, 0.1) is 5.92 Å². The third kappa shape index (κ3) is 3.63. The molecule has 0 saturated carbocycles. The molecule has 0 aliphatic carbocycles. The number of hydrogen-bond donors (Lipinski definition) is 1. The number of aliphatic carboxylic acids is 1. The maximum atomic E-state index is 13.2. The zero-order chi connectivity index (χ0) is 14.7. The molecule has 1 unspecified atom stereocenters. The van der Waals surface area contributed by atoms with Crippen LogP contribution in [0.5, 0.6) is 0 Å². The fourth-order valence-corrected chi connectivity index (χ4v) is 2.45. The lowest BCUT2D eigenvalue weighted by Crippen LogP contribution is -2.14. The highest BCUT2D eigenvalue weighted by Crippen LogP contribution is 2.25. The van der Waals surface area contributed by atoms with Gasteiger partial charge in [0.25, 0.3) is 0 Å². The van der Waals surface area contributed by atoms with E-state index >= 15 is 0 Å². The van der Waals surface area contributed by atoms with Crippen molar-refractivity contribution in [2.45, 2.75) is 12.3 Å². The summed E-state index contributed by atoms with van der Waals surface area (Å²) in [6.45, 7) is 0. The fraction of sp³-hybridized carbons (Fsp3) is 0.133. The fourth-order valence-electron chi connectivity index (χ4n) is 2.04. The van der Waals surface area contributed by atoms with Gasteiger partial charge in [0, 0.05) is 10.5 Å². The largest absolute Gasteiger partial charge is 0.481 e. The Kier molecular flexibility index (Phi) is 4.49. The average molecular weight is 341 g/mol. The van der Waals surface area contributed by atoms with Gasteiger partial charge in [-0.15, -0.1) is 0 Å².